The van der Waals surface area contributed by atoms with Gasteiger partial charge in [0.2, 0.25) is 5.91 Å². The highest BCUT2D eigenvalue weighted by Crippen LogP contribution is 2.44. The zero-order chi connectivity index (χ0) is 23.4. The lowest BCUT2D eigenvalue weighted by molar-refractivity contribution is -0.142. The summed E-state index contributed by atoms with van der Waals surface area (Å²) in [6, 6.07) is 14.6. The third-order valence-electron chi connectivity index (χ3n) is 6.44. The molecule has 7 heteroatoms. The van der Waals surface area contributed by atoms with E-state index in [1.165, 1.54) is 0 Å². The van der Waals surface area contributed by atoms with Crippen molar-refractivity contribution in [1.29, 1.82) is 0 Å². The van der Waals surface area contributed by atoms with Gasteiger partial charge in [0.15, 0.2) is 0 Å². The number of carboxylic acids is 1. The van der Waals surface area contributed by atoms with E-state index in [-0.39, 0.29) is 18.9 Å². The predicted molar refractivity (Wildman–Crippen MR) is 122 cm³/mol. The average Bonchev–Trinajstić information content (AvgIpc) is 3.40. The van der Waals surface area contributed by atoms with Crippen molar-refractivity contribution >= 4 is 18.0 Å². The molecule has 1 saturated carbocycles. The maximum absolute atomic E-state index is 12.6. The fraction of sp³-hybridized carbons (Fsp3) is 0.346. The molecule has 2 aromatic rings. The van der Waals surface area contributed by atoms with Gasteiger partial charge in [0, 0.05) is 18.4 Å². The Hall–Kier alpha value is -3.79. The number of amides is 2. The van der Waals surface area contributed by atoms with Crippen molar-refractivity contribution in [1.82, 2.24) is 10.6 Å². The first-order chi connectivity index (χ1) is 16.0. The van der Waals surface area contributed by atoms with Crippen molar-refractivity contribution in [2.75, 3.05) is 6.61 Å². The van der Waals surface area contributed by atoms with Crippen LogP contribution in [0.15, 0.2) is 48.5 Å². The molecule has 0 radical (unpaired) electrons. The minimum absolute atomic E-state index is 0.0501. The molecule has 4 rings (SSSR count). The summed E-state index contributed by atoms with van der Waals surface area (Å²) in [7, 11) is 0. The van der Waals surface area contributed by atoms with E-state index in [2.05, 4.69) is 28.7 Å². The molecule has 0 bridgehead atoms. The van der Waals surface area contributed by atoms with E-state index in [1.54, 1.807) is 0 Å². The molecule has 3 atom stereocenters. The van der Waals surface area contributed by atoms with Gasteiger partial charge < -0.3 is 20.5 Å². The summed E-state index contributed by atoms with van der Waals surface area (Å²) in [6.45, 7) is 0.187. The Bertz CT molecular complexity index is 1060. The molecule has 0 aliphatic heterocycles. The summed E-state index contributed by atoms with van der Waals surface area (Å²) in [5.74, 6) is 0.0900. The number of rotatable bonds is 7. The number of carbonyl (C=O) groups is 3. The van der Waals surface area contributed by atoms with Crippen molar-refractivity contribution in [3.8, 4) is 23.5 Å². The highest BCUT2D eigenvalue weighted by molar-refractivity contribution is 5.86. The van der Waals surface area contributed by atoms with Gasteiger partial charge in [-0.05, 0) is 35.1 Å². The smallest absolute Gasteiger partial charge is 0.407 e. The summed E-state index contributed by atoms with van der Waals surface area (Å²) in [5.41, 5.74) is 4.54. The molecule has 2 aromatic carbocycles. The Morgan fingerprint density at radius 2 is 1.70 bits per heavy atom. The first-order valence-corrected chi connectivity index (χ1v) is 11.1. The van der Waals surface area contributed by atoms with Crippen LogP contribution >= 0.6 is 0 Å². The Morgan fingerprint density at radius 3 is 2.30 bits per heavy atom. The van der Waals surface area contributed by atoms with Gasteiger partial charge in [-0.15, -0.1) is 12.3 Å². The van der Waals surface area contributed by atoms with E-state index in [1.807, 2.05) is 36.4 Å². The molecule has 170 valence electrons. The number of aliphatic carboxylic acids is 1. The second kappa shape index (κ2) is 9.78. The van der Waals surface area contributed by atoms with Crippen LogP contribution in [-0.2, 0) is 14.3 Å². The highest BCUT2D eigenvalue weighted by Gasteiger charge is 2.36. The van der Waals surface area contributed by atoms with Gasteiger partial charge in [0.1, 0.15) is 12.6 Å². The Balaban J connectivity index is 1.37. The van der Waals surface area contributed by atoms with E-state index in [0.717, 1.165) is 28.7 Å². The number of hydrogen-bond acceptors (Lipinski definition) is 4. The standard InChI is InChI=1S/C26H26N2O5/c1-2-8-23(25(30)31)27-24(29)20-13-7-14-22(20)28-26(32)33-15-21-18-11-5-3-9-16(18)17-10-4-6-12-19(17)21/h1,3-6,9-12,20-23H,7-8,13-15H2,(H,27,29)(H,28,32)(H,30,31)/t20-,22+,23?/m0/s1. The molecule has 2 aliphatic carbocycles. The molecule has 0 aromatic heterocycles. The summed E-state index contributed by atoms with van der Waals surface area (Å²) in [6.07, 6.45) is 6.44. The van der Waals surface area contributed by atoms with Crippen LogP contribution in [0.2, 0.25) is 0 Å². The molecule has 0 spiro atoms. The highest BCUT2D eigenvalue weighted by atomic mass is 16.5. The van der Waals surface area contributed by atoms with Gasteiger partial charge in [-0.25, -0.2) is 9.59 Å². The van der Waals surface area contributed by atoms with Crippen LogP contribution in [-0.4, -0.2) is 41.8 Å². The van der Waals surface area contributed by atoms with Crippen LogP contribution in [0.25, 0.3) is 11.1 Å². The first kappa shape index (κ1) is 22.4. The summed E-state index contributed by atoms with van der Waals surface area (Å²) in [5, 5.41) is 14.5. The lowest BCUT2D eigenvalue weighted by atomic mass is 9.98. The Morgan fingerprint density at radius 1 is 1.06 bits per heavy atom. The quantitative estimate of drug-likeness (QED) is 0.566. The molecular formula is C26H26N2O5. The molecule has 2 amide bonds. The number of ether oxygens (including phenoxy) is 1. The van der Waals surface area contributed by atoms with E-state index in [9.17, 15) is 19.5 Å². The van der Waals surface area contributed by atoms with Gasteiger partial charge in [-0.2, -0.15) is 0 Å². The number of hydrogen-bond donors (Lipinski definition) is 3. The zero-order valence-electron chi connectivity index (χ0n) is 18.1. The predicted octanol–water partition coefficient (Wildman–Crippen LogP) is 3.29. The molecule has 3 N–H and O–H groups in total. The maximum Gasteiger partial charge on any atom is 0.407 e. The maximum atomic E-state index is 12.6. The minimum Gasteiger partial charge on any atom is -0.480 e. The molecule has 0 saturated heterocycles. The fourth-order valence-electron chi connectivity index (χ4n) is 4.83. The van der Waals surface area contributed by atoms with Crippen molar-refractivity contribution in [2.45, 2.75) is 43.7 Å². The van der Waals surface area contributed by atoms with Gasteiger partial charge in [0.05, 0.1) is 5.92 Å². The molecule has 0 heterocycles. The number of nitrogens with one attached hydrogen (secondary N) is 2. The van der Waals surface area contributed by atoms with Crippen molar-refractivity contribution < 1.29 is 24.2 Å². The SMILES string of the molecule is C#CCC(NC(=O)[C@H]1CCC[C@H]1NC(=O)OCC1c2ccccc2-c2ccccc21)C(=O)O. The Kier molecular flexibility index (Phi) is 6.64. The van der Waals surface area contributed by atoms with Crippen LogP contribution < -0.4 is 10.6 Å². The third kappa shape index (κ3) is 4.70. The molecular weight excluding hydrogens is 420 g/mol. The molecule has 2 aliphatic rings. The van der Waals surface area contributed by atoms with Gasteiger partial charge >= 0.3 is 12.1 Å². The molecule has 7 nitrogen and oxygen atoms in total. The average molecular weight is 447 g/mol. The van der Waals surface area contributed by atoms with E-state index < -0.39 is 36.0 Å². The number of carboxylic acid groups (broad SMARTS) is 1. The minimum atomic E-state index is -1.18. The topological polar surface area (TPSA) is 105 Å². The van der Waals surface area contributed by atoms with Crippen LogP contribution in [0.1, 0.15) is 42.7 Å². The number of carbonyl (C=O) groups excluding carboxylic acids is 2. The van der Waals surface area contributed by atoms with E-state index in [0.29, 0.717) is 12.8 Å². The van der Waals surface area contributed by atoms with E-state index in [4.69, 9.17) is 11.2 Å². The Labute approximate surface area is 192 Å². The van der Waals surface area contributed by atoms with Crippen molar-refractivity contribution in [3.05, 3.63) is 59.7 Å². The lowest BCUT2D eigenvalue weighted by Gasteiger charge is -2.22. The summed E-state index contributed by atoms with van der Waals surface area (Å²) in [4.78, 5) is 36.5. The molecule has 33 heavy (non-hydrogen) atoms. The summed E-state index contributed by atoms with van der Waals surface area (Å²) >= 11 is 0. The van der Waals surface area contributed by atoms with Crippen molar-refractivity contribution in [3.63, 3.8) is 0 Å². The number of alkyl carbamates (subject to hydrolysis) is 1. The van der Waals surface area contributed by atoms with Gasteiger partial charge in [-0.1, -0.05) is 55.0 Å². The second-order valence-electron chi connectivity index (χ2n) is 8.42. The van der Waals surface area contributed by atoms with Crippen LogP contribution in [0.4, 0.5) is 4.79 Å². The second-order valence-corrected chi connectivity index (χ2v) is 8.42. The van der Waals surface area contributed by atoms with Crippen LogP contribution in [0, 0.1) is 18.3 Å². The van der Waals surface area contributed by atoms with Gasteiger partial charge in [-0.3, -0.25) is 4.79 Å². The zero-order valence-corrected chi connectivity index (χ0v) is 18.1. The first-order valence-electron chi connectivity index (χ1n) is 11.1. The van der Waals surface area contributed by atoms with Crippen molar-refractivity contribution in [2.24, 2.45) is 5.92 Å². The number of benzene rings is 2. The van der Waals surface area contributed by atoms with E-state index >= 15 is 0 Å². The molecule has 1 unspecified atom stereocenters. The van der Waals surface area contributed by atoms with Crippen LogP contribution in [0.5, 0.6) is 0 Å². The fourth-order valence-corrected chi connectivity index (χ4v) is 4.83. The monoisotopic (exact) mass is 446 g/mol. The van der Waals surface area contributed by atoms with Crippen LogP contribution in [0.3, 0.4) is 0 Å². The largest absolute Gasteiger partial charge is 0.480 e. The number of terminal acetylenes is 1. The molecule has 1 fully saturated rings. The van der Waals surface area contributed by atoms with Gasteiger partial charge in [0.25, 0.3) is 0 Å². The number of fused-ring (bicyclic) bond motifs is 3. The lowest BCUT2D eigenvalue weighted by Crippen LogP contribution is -2.48. The normalized spacial score (nSPS) is 19.6. The third-order valence-corrected chi connectivity index (χ3v) is 6.44. The summed E-state index contributed by atoms with van der Waals surface area (Å²) < 4.78 is 5.59.